The van der Waals surface area contributed by atoms with Crippen molar-refractivity contribution in [1.82, 2.24) is 5.32 Å². The van der Waals surface area contributed by atoms with Crippen LogP contribution in [0.2, 0.25) is 0 Å². The summed E-state index contributed by atoms with van der Waals surface area (Å²) in [7, 11) is 0. The number of amides is 1. The molecule has 27 heavy (non-hydrogen) atoms. The Kier molecular flexibility index (Phi) is 5.72. The SMILES string of the molecule is N#C/C(=C\c1ccc(-c2cccc(C(=O)[O-])c2)o1)C(=O)NC1CCCCC1. The number of rotatable bonds is 5. The fourth-order valence-corrected chi connectivity index (χ4v) is 3.19. The van der Waals surface area contributed by atoms with Crippen LogP contribution in [0.25, 0.3) is 17.4 Å². The van der Waals surface area contributed by atoms with Crippen LogP contribution in [0.3, 0.4) is 0 Å². The maximum atomic E-state index is 12.3. The molecule has 1 saturated carbocycles. The summed E-state index contributed by atoms with van der Waals surface area (Å²) in [5.41, 5.74) is 0.594. The van der Waals surface area contributed by atoms with Gasteiger partial charge in [-0.1, -0.05) is 37.5 Å². The molecule has 0 saturated heterocycles. The Hall–Kier alpha value is -3.33. The minimum Gasteiger partial charge on any atom is -0.545 e. The zero-order chi connectivity index (χ0) is 19.2. The fourth-order valence-electron chi connectivity index (χ4n) is 3.19. The summed E-state index contributed by atoms with van der Waals surface area (Å²) in [6.07, 6.45) is 6.62. The van der Waals surface area contributed by atoms with Crippen molar-refractivity contribution in [3.05, 3.63) is 53.3 Å². The molecule has 3 rings (SSSR count). The lowest BCUT2D eigenvalue weighted by Crippen LogP contribution is -2.36. The van der Waals surface area contributed by atoms with E-state index < -0.39 is 11.9 Å². The third kappa shape index (κ3) is 4.64. The highest BCUT2D eigenvalue weighted by Gasteiger charge is 2.18. The van der Waals surface area contributed by atoms with Gasteiger partial charge in [0.2, 0.25) is 0 Å². The molecule has 1 aromatic heterocycles. The van der Waals surface area contributed by atoms with Crippen molar-refractivity contribution in [1.29, 1.82) is 5.26 Å². The highest BCUT2D eigenvalue weighted by molar-refractivity contribution is 6.01. The number of hydrogen-bond acceptors (Lipinski definition) is 5. The molecule has 1 amide bonds. The number of nitrogens with one attached hydrogen (secondary N) is 1. The number of carboxylic acids is 1. The number of benzene rings is 1. The topological polar surface area (TPSA) is 106 Å². The molecule has 0 aliphatic heterocycles. The Labute approximate surface area is 157 Å². The molecule has 6 heteroatoms. The molecule has 0 spiro atoms. The number of hydrogen-bond donors (Lipinski definition) is 1. The second kappa shape index (κ2) is 8.37. The number of nitriles is 1. The van der Waals surface area contributed by atoms with Crippen molar-refractivity contribution in [2.45, 2.75) is 38.1 Å². The Morgan fingerprint density at radius 2 is 1.96 bits per heavy atom. The quantitative estimate of drug-likeness (QED) is 0.649. The van der Waals surface area contributed by atoms with E-state index in [2.05, 4.69) is 5.32 Å². The first kappa shape index (κ1) is 18.5. The molecule has 0 unspecified atom stereocenters. The predicted molar refractivity (Wildman–Crippen MR) is 97.1 cm³/mol. The zero-order valence-electron chi connectivity index (χ0n) is 14.7. The molecular formula is C21H19N2O4-. The summed E-state index contributed by atoms with van der Waals surface area (Å²) >= 11 is 0. The van der Waals surface area contributed by atoms with Crippen LogP contribution in [0, 0.1) is 11.3 Å². The van der Waals surface area contributed by atoms with Gasteiger partial charge in [-0.2, -0.15) is 5.26 Å². The van der Waals surface area contributed by atoms with Crippen LogP contribution in [0.15, 0.2) is 46.4 Å². The predicted octanol–water partition coefficient (Wildman–Crippen LogP) is 2.67. The summed E-state index contributed by atoms with van der Waals surface area (Å²) in [4.78, 5) is 23.3. The van der Waals surface area contributed by atoms with Crippen LogP contribution in [-0.2, 0) is 4.79 Å². The lowest BCUT2D eigenvalue weighted by molar-refractivity contribution is -0.255. The number of carbonyl (C=O) groups is 2. The standard InChI is InChI=1S/C21H20N2O4/c22-13-16(20(24)23-17-7-2-1-3-8-17)12-18-9-10-19(27-18)14-5-4-6-15(11-14)21(25)26/h4-6,9-12,17H,1-3,7-8H2,(H,23,24)(H,25,26)/p-1/b16-12+. The molecule has 1 fully saturated rings. The van der Waals surface area contributed by atoms with Gasteiger partial charge in [-0.3, -0.25) is 4.79 Å². The lowest BCUT2D eigenvalue weighted by atomic mass is 9.95. The van der Waals surface area contributed by atoms with Crippen LogP contribution >= 0.6 is 0 Å². The molecule has 1 aliphatic rings. The van der Waals surface area contributed by atoms with E-state index in [4.69, 9.17) is 4.42 Å². The van der Waals surface area contributed by atoms with E-state index in [0.717, 1.165) is 25.7 Å². The van der Waals surface area contributed by atoms with Crippen LogP contribution in [0.1, 0.15) is 48.2 Å². The summed E-state index contributed by atoms with van der Waals surface area (Å²) in [5, 5.41) is 23.2. The number of carboxylic acid groups (broad SMARTS) is 1. The number of aromatic carboxylic acids is 1. The van der Waals surface area contributed by atoms with Gasteiger partial charge in [0.15, 0.2) is 0 Å². The van der Waals surface area contributed by atoms with E-state index in [-0.39, 0.29) is 17.2 Å². The van der Waals surface area contributed by atoms with E-state index in [9.17, 15) is 20.0 Å². The van der Waals surface area contributed by atoms with Crippen LogP contribution in [0.5, 0.6) is 0 Å². The van der Waals surface area contributed by atoms with Gasteiger partial charge in [0.25, 0.3) is 5.91 Å². The van der Waals surface area contributed by atoms with E-state index in [1.165, 1.54) is 24.6 Å². The van der Waals surface area contributed by atoms with E-state index >= 15 is 0 Å². The highest BCUT2D eigenvalue weighted by atomic mass is 16.4. The number of carbonyl (C=O) groups excluding carboxylic acids is 2. The maximum absolute atomic E-state index is 12.3. The third-order valence-electron chi connectivity index (χ3n) is 4.60. The highest BCUT2D eigenvalue weighted by Crippen LogP contribution is 2.24. The van der Waals surface area contributed by atoms with Crippen molar-refractivity contribution in [2.24, 2.45) is 0 Å². The second-order valence-corrected chi connectivity index (χ2v) is 6.55. The van der Waals surface area contributed by atoms with Gasteiger partial charge in [0.05, 0.1) is 5.97 Å². The summed E-state index contributed by atoms with van der Waals surface area (Å²) < 4.78 is 5.66. The van der Waals surface area contributed by atoms with Gasteiger partial charge in [-0.25, -0.2) is 0 Å². The molecule has 2 aromatic rings. The first-order valence-electron chi connectivity index (χ1n) is 8.91. The number of furan rings is 1. The van der Waals surface area contributed by atoms with Crippen molar-refractivity contribution < 1.29 is 19.1 Å². The van der Waals surface area contributed by atoms with Crippen molar-refractivity contribution >= 4 is 18.0 Å². The summed E-state index contributed by atoms with van der Waals surface area (Å²) in [6.45, 7) is 0. The summed E-state index contributed by atoms with van der Waals surface area (Å²) in [5.74, 6) is -0.885. The molecule has 0 radical (unpaired) electrons. The van der Waals surface area contributed by atoms with Crippen LogP contribution < -0.4 is 10.4 Å². The smallest absolute Gasteiger partial charge is 0.262 e. The largest absolute Gasteiger partial charge is 0.545 e. The van der Waals surface area contributed by atoms with Gasteiger partial charge >= 0.3 is 0 Å². The Morgan fingerprint density at radius 1 is 1.19 bits per heavy atom. The van der Waals surface area contributed by atoms with Crippen molar-refractivity contribution in [2.75, 3.05) is 0 Å². The zero-order valence-corrected chi connectivity index (χ0v) is 14.7. The second-order valence-electron chi connectivity index (χ2n) is 6.55. The summed E-state index contributed by atoms with van der Waals surface area (Å²) in [6, 6.07) is 11.5. The minimum absolute atomic E-state index is 0.0232. The molecule has 1 N–H and O–H groups in total. The van der Waals surface area contributed by atoms with Crippen LogP contribution in [0.4, 0.5) is 0 Å². The molecule has 1 heterocycles. The Morgan fingerprint density at radius 3 is 2.67 bits per heavy atom. The molecule has 1 aliphatic carbocycles. The van der Waals surface area contributed by atoms with Gasteiger partial charge in [0.1, 0.15) is 23.2 Å². The first-order valence-corrected chi connectivity index (χ1v) is 8.91. The molecule has 138 valence electrons. The average molecular weight is 363 g/mol. The van der Waals surface area contributed by atoms with Crippen LogP contribution in [-0.4, -0.2) is 17.9 Å². The van der Waals surface area contributed by atoms with E-state index in [1.807, 2.05) is 6.07 Å². The van der Waals surface area contributed by atoms with Gasteiger partial charge in [-0.15, -0.1) is 0 Å². The lowest BCUT2D eigenvalue weighted by Gasteiger charge is -2.22. The monoisotopic (exact) mass is 363 g/mol. The third-order valence-corrected chi connectivity index (χ3v) is 4.60. The van der Waals surface area contributed by atoms with Gasteiger partial charge in [0, 0.05) is 17.7 Å². The number of nitrogens with zero attached hydrogens (tertiary/aromatic N) is 1. The van der Waals surface area contributed by atoms with Gasteiger partial charge < -0.3 is 19.6 Å². The minimum atomic E-state index is -1.27. The van der Waals surface area contributed by atoms with E-state index in [0.29, 0.717) is 17.1 Å². The fraction of sp³-hybridized carbons (Fsp3) is 0.286. The first-order chi connectivity index (χ1) is 13.1. The van der Waals surface area contributed by atoms with Gasteiger partial charge in [-0.05, 0) is 36.6 Å². The Balaban J connectivity index is 1.76. The molecular weight excluding hydrogens is 344 g/mol. The maximum Gasteiger partial charge on any atom is 0.262 e. The molecule has 1 aromatic carbocycles. The molecule has 0 bridgehead atoms. The van der Waals surface area contributed by atoms with Crippen molar-refractivity contribution in [3.8, 4) is 17.4 Å². The van der Waals surface area contributed by atoms with E-state index in [1.54, 1.807) is 24.3 Å². The normalized spacial score (nSPS) is 15.1. The molecule has 6 nitrogen and oxygen atoms in total. The Bertz CT molecular complexity index is 914. The average Bonchev–Trinajstić information content (AvgIpc) is 3.15. The van der Waals surface area contributed by atoms with Crippen molar-refractivity contribution in [3.63, 3.8) is 0 Å². The molecule has 0 atom stereocenters.